The van der Waals surface area contributed by atoms with Gasteiger partial charge in [-0.05, 0) is 40.0 Å². The quantitative estimate of drug-likeness (QED) is 0.542. The van der Waals surface area contributed by atoms with Gasteiger partial charge in [-0.15, -0.1) is 0 Å². The van der Waals surface area contributed by atoms with Gasteiger partial charge in [0.05, 0.1) is 14.3 Å². The maximum atomic E-state index is 10.2. The van der Waals surface area contributed by atoms with E-state index in [9.17, 15) is 9.13 Å². The van der Waals surface area contributed by atoms with E-state index in [2.05, 4.69) is 0 Å². The fourth-order valence-corrected chi connectivity index (χ4v) is 0. The lowest BCUT2D eigenvalue weighted by Gasteiger charge is -1.86. The normalized spacial score (nSPS) is 11.8. The zero-order valence-electron chi connectivity index (χ0n) is 7.71. The Labute approximate surface area is 64.1 Å². The van der Waals surface area contributed by atoms with Gasteiger partial charge < -0.3 is 9.13 Å². The van der Waals surface area contributed by atoms with Crippen molar-refractivity contribution in [3.05, 3.63) is 0 Å². The van der Waals surface area contributed by atoms with E-state index >= 15 is 0 Å². The van der Waals surface area contributed by atoms with Crippen molar-refractivity contribution in [2.45, 2.75) is 0 Å². The third kappa shape index (κ3) is 2230. The van der Waals surface area contributed by atoms with E-state index in [-0.39, 0.29) is 0 Å². The smallest absolute Gasteiger partial charge is 0.0790 e. The highest BCUT2D eigenvalue weighted by molar-refractivity contribution is 7.61. The summed E-state index contributed by atoms with van der Waals surface area (Å²) >= 11 is 0. The molecular weight excluding hydrogens is 166 g/mol. The van der Waals surface area contributed by atoms with E-state index in [0.29, 0.717) is 0 Å². The van der Waals surface area contributed by atoms with Gasteiger partial charge in [0.25, 0.3) is 0 Å². The van der Waals surface area contributed by atoms with Crippen molar-refractivity contribution < 1.29 is 9.13 Å². The molecule has 0 fully saturated rings. The van der Waals surface area contributed by atoms with E-state index in [1.165, 1.54) is 0 Å². The molecule has 0 saturated carbocycles. The van der Waals surface area contributed by atoms with Crippen LogP contribution in [-0.2, 0) is 9.13 Å². The Kier molecular flexibility index (Phi) is 5.70. The van der Waals surface area contributed by atoms with Crippen molar-refractivity contribution in [1.29, 1.82) is 0 Å². The lowest BCUT2D eigenvalue weighted by molar-refractivity contribution is 0.585. The molecule has 0 N–H and O–H groups in total. The van der Waals surface area contributed by atoms with Crippen LogP contribution in [0.2, 0.25) is 0 Å². The summed E-state index contributed by atoms with van der Waals surface area (Å²) in [4.78, 5) is 0. The predicted octanol–water partition coefficient (Wildman–Crippen LogP) is 2.48. The average molecular weight is 184 g/mol. The summed E-state index contributed by atoms with van der Waals surface area (Å²) in [7, 11) is -3.28. The number of rotatable bonds is 0. The van der Waals surface area contributed by atoms with Crippen LogP contribution in [0.15, 0.2) is 0 Å². The second-order valence-electron chi connectivity index (χ2n) is 3.78. The van der Waals surface area contributed by atoms with Gasteiger partial charge in [0.2, 0.25) is 0 Å². The topological polar surface area (TPSA) is 34.1 Å². The third-order valence-electron chi connectivity index (χ3n) is 0. The first kappa shape index (κ1) is 13.1. The van der Waals surface area contributed by atoms with Gasteiger partial charge in [0, 0.05) is 0 Å². The van der Waals surface area contributed by atoms with E-state index in [1.807, 2.05) is 0 Å². The molecule has 0 amide bonds. The molecule has 0 spiro atoms. The monoisotopic (exact) mass is 184 g/mol. The Hall–Kier alpha value is 0.460. The van der Waals surface area contributed by atoms with Crippen molar-refractivity contribution in [1.82, 2.24) is 0 Å². The van der Waals surface area contributed by atoms with Gasteiger partial charge in [0.1, 0.15) is 0 Å². The van der Waals surface area contributed by atoms with Crippen molar-refractivity contribution >= 4 is 14.3 Å². The molecule has 0 unspecified atom stereocenters. The van der Waals surface area contributed by atoms with Gasteiger partial charge in [0.15, 0.2) is 0 Å². The first-order chi connectivity index (χ1) is 4.00. The molecule has 0 aliphatic heterocycles. The summed E-state index contributed by atoms with van der Waals surface area (Å²) in [6, 6.07) is 0. The zero-order valence-corrected chi connectivity index (χ0v) is 9.50. The first-order valence-electron chi connectivity index (χ1n) is 3.05. The largest absolute Gasteiger partial charge is 0.324 e. The fraction of sp³-hybridized carbons (Fsp3) is 1.00. The highest BCUT2D eigenvalue weighted by Crippen LogP contribution is 2.28. The van der Waals surface area contributed by atoms with Crippen LogP contribution in [0.3, 0.4) is 0 Å². The van der Waals surface area contributed by atoms with Gasteiger partial charge in [-0.1, -0.05) is 0 Å². The first-order valence-corrected chi connectivity index (χ1v) is 9.15. The Morgan fingerprint density at radius 1 is 0.600 bits per heavy atom. The zero-order chi connectivity index (χ0) is 9.00. The van der Waals surface area contributed by atoms with Crippen molar-refractivity contribution in [3.8, 4) is 0 Å². The fourth-order valence-electron chi connectivity index (χ4n) is 0. The maximum absolute atomic E-state index is 10.2. The van der Waals surface area contributed by atoms with Crippen LogP contribution in [0.1, 0.15) is 0 Å². The van der Waals surface area contributed by atoms with E-state index in [0.717, 1.165) is 0 Å². The van der Waals surface area contributed by atoms with Gasteiger partial charge in [-0.3, -0.25) is 0 Å². The Balaban J connectivity index is 0. The standard InChI is InChI=1S/2C3H9OP/c2*1-5(2,3)4/h2*1-3H3. The van der Waals surface area contributed by atoms with Gasteiger partial charge >= 0.3 is 0 Å². The summed E-state index contributed by atoms with van der Waals surface area (Å²) in [5, 5.41) is 0. The summed E-state index contributed by atoms with van der Waals surface area (Å²) in [6.07, 6.45) is 0. The molecule has 0 rings (SSSR count). The number of hydrogen-bond donors (Lipinski definition) is 0. The third-order valence-corrected chi connectivity index (χ3v) is 0. The molecule has 0 radical (unpaired) electrons. The Morgan fingerprint density at radius 2 is 0.600 bits per heavy atom. The van der Waals surface area contributed by atoms with E-state index in [1.54, 1.807) is 40.0 Å². The summed E-state index contributed by atoms with van der Waals surface area (Å²) in [6.45, 7) is 10.5. The molecule has 0 aliphatic carbocycles. The minimum absolute atomic E-state index is 1.64. The predicted molar refractivity (Wildman–Crippen MR) is 50.8 cm³/mol. The SMILES string of the molecule is CP(C)(C)=O.CP(C)(C)=O. The molecule has 0 atom stereocenters. The molecule has 0 saturated heterocycles. The lowest BCUT2D eigenvalue weighted by Crippen LogP contribution is -1.61. The molecule has 4 heteroatoms. The highest BCUT2D eigenvalue weighted by atomic mass is 31.2. The second kappa shape index (κ2) is 4.36. The van der Waals surface area contributed by atoms with Crippen LogP contribution in [0, 0.1) is 0 Å². The molecule has 0 bridgehead atoms. The molecule has 64 valence electrons. The van der Waals surface area contributed by atoms with Crippen LogP contribution in [0.5, 0.6) is 0 Å². The molecular formula is C6H18O2P2. The maximum Gasteiger partial charge on any atom is 0.0790 e. The van der Waals surface area contributed by atoms with Gasteiger partial charge in [-0.2, -0.15) is 0 Å². The molecule has 0 aromatic carbocycles. The van der Waals surface area contributed by atoms with Crippen molar-refractivity contribution in [2.24, 2.45) is 0 Å². The molecule has 0 aromatic rings. The summed E-state index contributed by atoms with van der Waals surface area (Å²) in [5.41, 5.74) is 0. The minimum atomic E-state index is -1.64. The van der Waals surface area contributed by atoms with Crippen LogP contribution in [0.4, 0.5) is 0 Å². The van der Waals surface area contributed by atoms with Crippen LogP contribution >= 0.6 is 14.3 Å². The Bertz CT molecular complexity index is 126. The van der Waals surface area contributed by atoms with Crippen LogP contribution < -0.4 is 0 Å². The molecule has 10 heavy (non-hydrogen) atoms. The van der Waals surface area contributed by atoms with Crippen LogP contribution in [-0.4, -0.2) is 40.0 Å². The van der Waals surface area contributed by atoms with Gasteiger partial charge in [-0.25, -0.2) is 0 Å². The lowest BCUT2D eigenvalue weighted by atomic mass is 11.9. The summed E-state index contributed by atoms with van der Waals surface area (Å²) < 4.78 is 20.4. The molecule has 0 aliphatic rings. The summed E-state index contributed by atoms with van der Waals surface area (Å²) in [5.74, 6) is 0. The number of hydrogen-bond acceptors (Lipinski definition) is 2. The van der Waals surface area contributed by atoms with Crippen molar-refractivity contribution in [2.75, 3.05) is 40.0 Å². The second-order valence-corrected chi connectivity index (χ2v) is 11.3. The van der Waals surface area contributed by atoms with E-state index in [4.69, 9.17) is 0 Å². The van der Waals surface area contributed by atoms with Crippen LogP contribution in [0.25, 0.3) is 0 Å². The Morgan fingerprint density at radius 3 is 0.600 bits per heavy atom. The molecule has 0 heterocycles. The highest BCUT2D eigenvalue weighted by Gasteiger charge is 1.89. The van der Waals surface area contributed by atoms with E-state index < -0.39 is 14.3 Å². The molecule has 2 nitrogen and oxygen atoms in total. The molecule has 0 aromatic heterocycles. The average Bonchev–Trinajstić information content (AvgIpc) is 1.12. The minimum Gasteiger partial charge on any atom is -0.324 e. The van der Waals surface area contributed by atoms with Crippen molar-refractivity contribution in [3.63, 3.8) is 0 Å².